The highest BCUT2D eigenvalue weighted by molar-refractivity contribution is 6.31. The number of benzene rings is 2. The highest BCUT2D eigenvalue weighted by Crippen LogP contribution is 2.40. The zero-order valence-corrected chi connectivity index (χ0v) is 16.3. The molecule has 1 fully saturated rings. The van der Waals surface area contributed by atoms with Crippen molar-refractivity contribution in [3.63, 3.8) is 0 Å². The van der Waals surface area contributed by atoms with Crippen LogP contribution in [0.4, 0.5) is 0 Å². The molecule has 0 bridgehead atoms. The molecule has 6 heteroatoms. The Bertz CT molecular complexity index is 831. The largest absolute Gasteiger partial charge is 0.507 e. The standard InChI is InChI=1S/C21H24ClNO4/c1-14-3-6-19(26-2)17(11-14)21(7-9-27-10-8-21)13-23-20(25)16-12-15(22)4-5-18(16)24/h3-6,11-12,24H,7-10,13H2,1-2H3,(H,23,25). The van der Waals surface area contributed by atoms with Crippen molar-refractivity contribution in [2.45, 2.75) is 25.2 Å². The average molecular weight is 390 g/mol. The first kappa shape index (κ1) is 19.5. The van der Waals surface area contributed by atoms with Crippen LogP contribution in [0, 0.1) is 6.92 Å². The van der Waals surface area contributed by atoms with E-state index in [9.17, 15) is 9.90 Å². The van der Waals surface area contributed by atoms with Crippen LogP contribution in [0.1, 0.15) is 34.3 Å². The number of nitrogens with one attached hydrogen (secondary N) is 1. The Kier molecular flexibility index (Phi) is 5.92. The average Bonchev–Trinajstić information content (AvgIpc) is 2.68. The molecular formula is C21H24ClNO4. The molecule has 144 valence electrons. The second kappa shape index (κ2) is 8.19. The lowest BCUT2D eigenvalue weighted by Crippen LogP contribution is -2.44. The number of aryl methyl sites for hydroxylation is 1. The second-order valence-corrected chi connectivity index (χ2v) is 7.38. The zero-order chi connectivity index (χ0) is 19.4. The molecule has 2 aromatic carbocycles. The molecule has 1 heterocycles. The summed E-state index contributed by atoms with van der Waals surface area (Å²) >= 11 is 5.97. The molecule has 27 heavy (non-hydrogen) atoms. The summed E-state index contributed by atoms with van der Waals surface area (Å²) in [4.78, 5) is 12.7. The van der Waals surface area contributed by atoms with E-state index in [4.69, 9.17) is 21.1 Å². The van der Waals surface area contributed by atoms with Crippen molar-refractivity contribution in [3.05, 3.63) is 58.1 Å². The summed E-state index contributed by atoms with van der Waals surface area (Å²) in [5.74, 6) is 0.362. The molecule has 0 aromatic heterocycles. The number of carbonyl (C=O) groups is 1. The van der Waals surface area contributed by atoms with Gasteiger partial charge in [0, 0.05) is 35.8 Å². The first-order valence-electron chi connectivity index (χ1n) is 8.95. The smallest absolute Gasteiger partial charge is 0.255 e. The highest BCUT2D eigenvalue weighted by atomic mass is 35.5. The lowest BCUT2D eigenvalue weighted by Gasteiger charge is -2.38. The summed E-state index contributed by atoms with van der Waals surface area (Å²) in [7, 11) is 1.66. The number of methoxy groups -OCH3 is 1. The van der Waals surface area contributed by atoms with Gasteiger partial charge in [0.15, 0.2) is 0 Å². The van der Waals surface area contributed by atoms with E-state index in [2.05, 4.69) is 11.4 Å². The quantitative estimate of drug-likeness (QED) is 0.815. The molecular weight excluding hydrogens is 366 g/mol. The molecule has 0 radical (unpaired) electrons. The molecule has 0 aliphatic carbocycles. The SMILES string of the molecule is COc1ccc(C)cc1C1(CNC(=O)c2cc(Cl)ccc2O)CCOCC1. The number of hydrogen-bond acceptors (Lipinski definition) is 4. The maximum atomic E-state index is 12.7. The highest BCUT2D eigenvalue weighted by Gasteiger charge is 2.37. The summed E-state index contributed by atoms with van der Waals surface area (Å²) in [5.41, 5.74) is 2.08. The van der Waals surface area contributed by atoms with Gasteiger partial charge in [-0.1, -0.05) is 29.3 Å². The summed E-state index contributed by atoms with van der Waals surface area (Å²) in [6, 6.07) is 10.5. The van der Waals surface area contributed by atoms with E-state index in [0.717, 1.165) is 29.7 Å². The van der Waals surface area contributed by atoms with E-state index in [1.165, 1.54) is 12.1 Å². The van der Waals surface area contributed by atoms with Gasteiger partial charge in [-0.25, -0.2) is 0 Å². The number of hydrogen-bond donors (Lipinski definition) is 2. The Balaban J connectivity index is 1.89. The predicted molar refractivity (Wildman–Crippen MR) is 105 cm³/mol. The van der Waals surface area contributed by atoms with E-state index < -0.39 is 0 Å². The van der Waals surface area contributed by atoms with Gasteiger partial charge in [0.25, 0.3) is 5.91 Å². The molecule has 1 amide bonds. The topological polar surface area (TPSA) is 67.8 Å². The van der Waals surface area contributed by atoms with Gasteiger partial charge in [0.1, 0.15) is 11.5 Å². The zero-order valence-electron chi connectivity index (χ0n) is 15.5. The normalized spacial score (nSPS) is 16.0. The lowest BCUT2D eigenvalue weighted by molar-refractivity contribution is 0.0478. The van der Waals surface area contributed by atoms with E-state index in [-0.39, 0.29) is 22.6 Å². The van der Waals surface area contributed by atoms with E-state index in [0.29, 0.717) is 24.8 Å². The number of carbonyl (C=O) groups excluding carboxylic acids is 1. The molecule has 0 spiro atoms. The van der Waals surface area contributed by atoms with Crippen LogP contribution in [0.25, 0.3) is 0 Å². The minimum absolute atomic E-state index is 0.0916. The number of rotatable bonds is 5. The molecule has 1 aliphatic heterocycles. The third kappa shape index (κ3) is 4.20. The van der Waals surface area contributed by atoms with Crippen LogP contribution in [0.15, 0.2) is 36.4 Å². The fraction of sp³-hybridized carbons (Fsp3) is 0.381. The van der Waals surface area contributed by atoms with E-state index in [1.807, 2.05) is 19.1 Å². The van der Waals surface area contributed by atoms with Gasteiger partial charge in [-0.15, -0.1) is 0 Å². The minimum Gasteiger partial charge on any atom is -0.507 e. The Morgan fingerprint density at radius 2 is 2.00 bits per heavy atom. The first-order valence-corrected chi connectivity index (χ1v) is 9.32. The van der Waals surface area contributed by atoms with Crippen molar-refractivity contribution >= 4 is 17.5 Å². The van der Waals surface area contributed by atoms with Crippen molar-refractivity contribution in [1.29, 1.82) is 0 Å². The Hall–Kier alpha value is -2.24. The lowest BCUT2D eigenvalue weighted by atomic mass is 9.73. The predicted octanol–water partition coefficient (Wildman–Crippen LogP) is 3.84. The second-order valence-electron chi connectivity index (χ2n) is 6.94. The number of aromatic hydroxyl groups is 1. The Morgan fingerprint density at radius 3 is 2.70 bits per heavy atom. The monoisotopic (exact) mass is 389 g/mol. The number of ether oxygens (including phenoxy) is 2. The molecule has 1 aliphatic rings. The maximum Gasteiger partial charge on any atom is 0.255 e. The molecule has 0 unspecified atom stereocenters. The van der Waals surface area contributed by atoms with Crippen LogP contribution in [-0.2, 0) is 10.2 Å². The van der Waals surface area contributed by atoms with Crippen LogP contribution in [-0.4, -0.2) is 37.9 Å². The summed E-state index contributed by atoms with van der Waals surface area (Å²) in [6.45, 7) is 3.70. The van der Waals surface area contributed by atoms with Gasteiger partial charge in [-0.2, -0.15) is 0 Å². The summed E-state index contributed by atoms with van der Waals surface area (Å²) in [6.07, 6.45) is 1.54. The van der Waals surface area contributed by atoms with E-state index in [1.54, 1.807) is 13.2 Å². The van der Waals surface area contributed by atoms with Crippen molar-refractivity contribution in [1.82, 2.24) is 5.32 Å². The fourth-order valence-corrected chi connectivity index (χ4v) is 3.75. The third-order valence-corrected chi connectivity index (χ3v) is 5.40. The van der Waals surface area contributed by atoms with Gasteiger partial charge < -0.3 is 19.9 Å². The van der Waals surface area contributed by atoms with Gasteiger partial charge >= 0.3 is 0 Å². The van der Waals surface area contributed by atoms with Crippen molar-refractivity contribution in [3.8, 4) is 11.5 Å². The summed E-state index contributed by atoms with van der Waals surface area (Å²) < 4.78 is 11.2. The molecule has 2 aromatic rings. The molecule has 5 nitrogen and oxygen atoms in total. The molecule has 3 rings (SSSR count). The number of halogens is 1. The van der Waals surface area contributed by atoms with Crippen LogP contribution in [0.3, 0.4) is 0 Å². The molecule has 1 saturated heterocycles. The van der Waals surface area contributed by atoms with Crippen molar-refractivity contribution in [2.75, 3.05) is 26.9 Å². The Labute approximate surface area is 164 Å². The maximum absolute atomic E-state index is 12.7. The van der Waals surface area contributed by atoms with Crippen molar-refractivity contribution < 1.29 is 19.4 Å². The van der Waals surface area contributed by atoms with Crippen LogP contribution in [0.5, 0.6) is 11.5 Å². The van der Waals surface area contributed by atoms with Gasteiger partial charge in [0.2, 0.25) is 0 Å². The third-order valence-electron chi connectivity index (χ3n) is 5.17. The number of phenols is 1. The van der Waals surface area contributed by atoms with Crippen LogP contribution in [0.2, 0.25) is 5.02 Å². The Morgan fingerprint density at radius 1 is 1.26 bits per heavy atom. The summed E-state index contributed by atoms with van der Waals surface area (Å²) in [5, 5.41) is 13.4. The molecule has 0 saturated carbocycles. The van der Waals surface area contributed by atoms with Gasteiger partial charge in [-0.05, 0) is 44.0 Å². The molecule has 2 N–H and O–H groups in total. The van der Waals surface area contributed by atoms with E-state index >= 15 is 0 Å². The van der Waals surface area contributed by atoms with Crippen LogP contribution >= 0.6 is 11.6 Å². The number of amides is 1. The number of phenolic OH excluding ortho intramolecular Hbond substituents is 1. The molecule has 0 atom stereocenters. The fourth-order valence-electron chi connectivity index (χ4n) is 3.57. The van der Waals surface area contributed by atoms with Gasteiger partial charge in [0.05, 0.1) is 12.7 Å². The minimum atomic E-state index is -0.354. The van der Waals surface area contributed by atoms with Gasteiger partial charge in [-0.3, -0.25) is 4.79 Å². The van der Waals surface area contributed by atoms with Crippen LogP contribution < -0.4 is 10.1 Å². The van der Waals surface area contributed by atoms with Crippen molar-refractivity contribution in [2.24, 2.45) is 0 Å². The first-order chi connectivity index (χ1) is 12.9.